The van der Waals surface area contributed by atoms with Gasteiger partial charge in [-0.25, -0.2) is 0 Å². The Kier molecular flexibility index (Phi) is 6.36. The summed E-state index contributed by atoms with van der Waals surface area (Å²) in [5, 5.41) is 3.62. The van der Waals surface area contributed by atoms with Crippen LogP contribution in [-0.2, 0) is 17.3 Å². The van der Waals surface area contributed by atoms with E-state index in [1.807, 2.05) is 19.1 Å². The van der Waals surface area contributed by atoms with E-state index in [4.69, 9.17) is 4.74 Å². The van der Waals surface area contributed by atoms with E-state index in [-0.39, 0.29) is 5.25 Å². The van der Waals surface area contributed by atoms with Crippen molar-refractivity contribution in [2.75, 3.05) is 19.9 Å². The second-order valence-corrected chi connectivity index (χ2v) is 6.39. The third-order valence-electron chi connectivity index (χ3n) is 3.05. The first kappa shape index (κ1) is 15.2. The highest BCUT2D eigenvalue weighted by molar-refractivity contribution is 7.84. The molecule has 102 valence electrons. The largest absolute Gasteiger partial charge is 0.496 e. The van der Waals surface area contributed by atoms with E-state index in [1.54, 1.807) is 13.4 Å². The van der Waals surface area contributed by atoms with Crippen LogP contribution in [0.2, 0.25) is 0 Å². The maximum atomic E-state index is 11.2. The van der Waals surface area contributed by atoms with Crippen molar-refractivity contribution < 1.29 is 8.95 Å². The molecule has 0 fully saturated rings. The molecule has 0 radical (unpaired) electrons. The first-order chi connectivity index (χ1) is 8.54. The molecule has 0 saturated heterocycles. The molecule has 0 bridgehead atoms. The number of hydrogen-bond acceptors (Lipinski definition) is 3. The summed E-state index contributed by atoms with van der Waals surface area (Å²) in [5.41, 5.74) is 2.40. The van der Waals surface area contributed by atoms with Crippen molar-refractivity contribution in [2.24, 2.45) is 0 Å². The molecule has 2 atom stereocenters. The van der Waals surface area contributed by atoms with Crippen molar-refractivity contribution in [3.8, 4) is 5.75 Å². The predicted molar refractivity (Wildman–Crippen MR) is 77.6 cm³/mol. The van der Waals surface area contributed by atoms with Gasteiger partial charge in [0.15, 0.2) is 0 Å². The van der Waals surface area contributed by atoms with Gasteiger partial charge in [-0.3, -0.25) is 4.21 Å². The van der Waals surface area contributed by atoms with Crippen molar-refractivity contribution in [3.05, 3.63) is 29.3 Å². The molecule has 0 aliphatic rings. The summed E-state index contributed by atoms with van der Waals surface area (Å²) in [5.74, 6) is 0.917. The molecule has 0 spiro atoms. The minimum absolute atomic E-state index is 0.247. The molecule has 0 aromatic heterocycles. The molecule has 4 heteroatoms. The highest BCUT2D eigenvalue weighted by Gasteiger charge is 2.06. The SMILES string of the molecule is COc1ccc(C)cc1CNCCC(C)S(C)=O. The highest BCUT2D eigenvalue weighted by Crippen LogP contribution is 2.19. The molecule has 1 aromatic rings. The summed E-state index contributed by atoms with van der Waals surface area (Å²) < 4.78 is 16.5. The van der Waals surface area contributed by atoms with Gasteiger partial charge in [0.1, 0.15) is 5.75 Å². The standard InChI is InChI=1S/C14H23NO2S/c1-11-5-6-14(17-3)13(9-11)10-15-8-7-12(2)18(4)16/h5-6,9,12,15H,7-8,10H2,1-4H3. The zero-order valence-corrected chi connectivity index (χ0v) is 12.5. The van der Waals surface area contributed by atoms with Gasteiger partial charge in [0.2, 0.25) is 0 Å². The second-order valence-electron chi connectivity index (χ2n) is 4.59. The van der Waals surface area contributed by atoms with Gasteiger partial charge in [0, 0.05) is 34.4 Å². The van der Waals surface area contributed by atoms with E-state index in [2.05, 4.69) is 18.3 Å². The lowest BCUT2D eigenvalue weighted by atomic mass is 10.1. The van der Waals surface area contributed by atoms with Crippen LogP contribution in [0.5, 0.6) is 5.75 Å². The number of methoxy groups -OCH3 is 1. The van der Waals surface area contributed by atoms with Crippen LogP contribution in [0.25, 0.3) is 0 Å². The lowest BCUT2D eigenvalue weighted by molar-refractivity contribution is 0.407. The van der Waals surface area contributed by atoms with Crippen LogP contribution in [0.1, 0.15) is 24.5 Å². The zero-order chi connectivity index (χ0) is 13.5. The highest BCUT2D eigenvalue weighted by atomic mass is 32.2. The second kappa shape index (κ2) is 7.54. The predicted octanol–water partition coefficient (Wildman–Crippen LogP) is 2.25. The maximum absolute atomic E-state index is 11.2. The van der Waals surface area contributed by atoms with Crippen molar-refractivity contribution in [2.45, 2.75) is 32.1 Å². The number of aryl methyl sites for hydroxylation is 1. The van der Waals surface area contributed by atoms with Gasteiger partial charge in [-0.15, -0.1) is 0 Å². The summed E-state index contributed by atoms with van der Waals surface area (Å²) in [4.78, 5) is 0. The fraction of sp³-hybridized carbons (Fsp3) is 0.571. The van der Waals surface area contributed by atoms with Crippen molar-refractivity contribution in [1.29, 1.82) is 0 Å². The fourth-order valence-corrected chi connectivity index (χ4v) is 2.19. The smallest absolute Gasteiger partial charge is 0.123 e. The molecule has 0 saturated carbocycles. The Balaban J connectivity index is 2.43. The van der Waals surface area contributed by atoms with Gasteiger partial charge in [0.05, 0.1) is 7.11 Å². The third kappa shape index (κ3) is 4.78. The van der Waals surface area contributed by atoms with Crippen LogP contribution in [0, 0.1) is 6.92 Å². The minimum Gasteiger partial charge on any atom is -0.496 e. The molecule has 1 aromatic carbocycles. The molecule has 0 amide bonds. The van der Waals surface area contributed by atoms with E-state index in [0.717, 1.165) is 25.3 Å². The molecular formula is C14H23NO2S. The first-order valence-corrected chi connectivity index (χ1v) is 7.83. The number of hydrogen-bond donors (Lipinski definition) is 1. The molecule has 0 aliphatic heterocycles. The van der Waals surface area contributed by atoms with Crippen molar-refractivity contribution in [3.63, 3.8) is 0 Å². The number of benzene rings is 1. The molecule has 0 aliphatic carbocycles. The Hall–Kier alpha value is -0.870. The van der Waals surface area contributed by atoms with Gasteiger partial charge in [-0.2, -0.15) is 0 Å². The van der Waals surface area contributed by atoms with Crippen LogP contribution >= 0.6 is 0 Å². The molecule has 1 rings (SSSR count). The minimum atomic E-state index is -0.733. The summed E-state index contributed by atoms with van der Waals surface area (Å²) in [6.07, 6.45) is 2.69. The van der Waals surface area contributed by atoms with Crippen LogP contribution < -0.4 is 10.1 Å². The molecule has 3 nitrogen and oxygen atoms in total. The van der Waals surface area contributed by atoms with Crippen molar-refractivity contribution >= 4 is 10.8 Å². The number of nitrogens with one attached hydrogen (secondary N) is 1. The quantitative estimate of drug-likeness (QED) is 0.772. The van der Waals surface area contributed by atoms with Gasteiger partial charge >= 0.3 is 0 Å². The lowest BCUT2D eigenvalue weighted by Gasteiger charge is -2.12. The summed E-state index contributed by atoms with van der Waals surface area (Å²) in [7, 11) is 0.958. The Bertz CT molecular complexity index is 407. The van der Waals surface area contributed by atoms with Crippen LogP contribution in [0.3, 0.4) is 0 Å². The average molecular weight is 269 g/mol. The lowest BCUT2D eigenvalue weighted by Crippen LogP contribution is -2.21. The topological polar surface area (TPSA) is 38.3 Å². The van der Waals surface area contributed by atoms with E-state index >= 15 is 0 Å². The molecule has 18 heavy (non-hydrogen) atoms. The number of ether oxygens (including phenoxy) is 1. The van der Waals surface area contributed by atoms with Crippen LogP contribution in [0.15, 0.2) is 18.2 Å². The van der Waals surface area contributed by atoms with E-state index in [0.29, 0.717) is 0 Å². The van der Waals surface area contributed by atoms with Crippen LogP contribution in [-0.4, -0.2) is 29.4 Å². The average Bonchev–Trinajstić information content (AvgIpc) is 2.34. The molecule has 1 N–H and O–H groups in total. The fourth-order valence-electron chi connectivity index (χ4n) is 1.74. The molecule has 0 heterocycles. The van der Waals surface area contributed by atoms with E-state index < -0.39 is 10.8 Å². The molecular weight excluding hydrogens is 246 g/mol. The Morgan fingerprint density at radius 3 is 2.78 bits per heavy atom. The monoisotopic (exact) mass is 269 g/mol. The van der Waals surface area contributed by atoms with Gasteiger partial charge in [-0.1, -0.05) is 24.6 Å². The summed E-state index contributed by atoms with van der Waals surface area (Å²) in [6, 6.07) is 6.17. The first-order valence-electron chi connectivity index (χ1n) is 6.21. The maximum Gasteiger partial charge on any atom is 0.123 e. The van der Waals surface area contributed by atoms with Gasteiger partial charge < -0.3 is 10.1 Å². The Labute approximate surface area is 112 Å². The van der Waals surface area contributed by atoms with Gasteiger partial charge in [0.25, 0.3) is 0 Å². The van der Waals surface area contributed by atoms with E-state index in [1.165, 1.54) is 11.1 Å². The summed E-state index contributed by atoms with van der Waals surface area (Å²) >= 11 is 0. The van der Waals surface area contributed by atoms with Crippen LogP contribution in [0.4, 0.5) is 0 Å². The Morgan fingerprint density at radius 2 is 2.17 bits per heavy atom. The molecule has 2 unspecified atom stereocenters. The van der Waals surface area contributed by atoms with Gasteiger partial charge in [-0.05, 0) is 26.0 Å². The zero-order valence-electron chi connectivity index (χ0n) is 11.7. The van der Waals surface area contributed by atoms with E-state index in [9.17, 15) is 4.21 Å². The van der Waals surface area contributed by atoms with Crippen molar-refractivity contribution in [1.82, 2.24) is 5.32 Å². The third-order valence-corrected chi connectivity index (χ3v) is 4.41. The normalized spacial score (nSPS) is 14.2. The Morgan fingerprint density at radius 1 is 1.44 bits per heavy atom. The number of rotatable bonds is 7. The summed E-state index contributed by atoms with van der Waals surface area (Å²) in [6.45, 7) is 5.75.